The van der Waals surface area contributed by atoms with Gasteiger partial charge in [0.2, 0.25) is 0 Å². The summed E-state index contributed by atoms with van der Waals surface area (Å²) in [6.45, 7) is 4.49. The summed E-state index contributed by atoms with van der Waals surface area (Å²) in [4.78, 5) is 14.6. The molecule has 2 unspecified atom stereocenters. The highest BCUT2D eigenvalue weighted by Crippen LogP contribution is 2.29. The van der Waals surface area contributed by atoms with Crippen molar-refractivity contribution in [3.63, 3.8) is 0 Å². The van der Waals surface area contributed by atoms with Crippen LogP contribution in [0.4, 0.5) is 0 Å². The van der Waals surface area contributed by atoms with Gasteiger partial charge in [-0.05, 0) is 44.9 Å². The largest absolute Gasteiger partial charge is 0.490 e. The fourth-order valence-corrected chi connectivity index (χ4v) is 3.45. The second-order valence-corrected chi connectivity index (χ2v) is 5.85. The average Bonchev–Trinajstić information content (AvgIpc) is 2.79. The molecular weight excluding hydrogens is 316 g/mol. The van der Waals surface area contributed by atoms with Crippen molar-refractivity contribution >= 4 is 18.3 Å². The number of ether oxygens (including phenoxy) is 2. The topological polar surface area (TPSA) is 50.8 Å². The number of hydrogen-bond donors (Lipinski definition) is 1. The lowest BCUT2D eigenvalue weighted by Gasteiger charge is -2.27. The van der Waals surface area contributed by atoms with Crippen LogP contribution in [0.25, 0.3) is 0 Å². The van der Waals surface area contributed by atoms with Gasteiger partial charge in [-0.15, -0.1) is 12.4 Å². The maximum absolute atomic E-state index is 12.6. The number of carbonyl (C=O) groups is 1. The number of para-hydroxylation sites is 2. The van der Waals surface area contributed by atoms with Crippen LogP contribution in [0.5, 0.6) is 11.5 Å². The minimum absolute atomic E-state index is 0. The molecule has 0 radical (unpaired) electrons. The summed E-state index contributed by atoms with van der Waals surface area (Å²) in [6, 6.07) is 8.20. The standard InChI is InChI=1S/C17H24N2O3.ClH/c1-2-21-15-5-3-4-6-16(15)22-12-17(20)19-13-7-8-14(19)11-18-10-9-13;/h3-6,13-14,18H,2,7-12H2,1H3;1H. The van der Waals surface area contributed by atoms with Crippen LogP contribution >= 0.6 is 12.4 Å². The first-order chi connectivity index (χ1) is 10.8. The lowest BCUT2D eigenvalue weighted by molar-refractivity contribution is -0.136. The molecule has 23 heavy (non-hydrogen) atoms. The molecule has 0 spiro atoms. The quantitative estimate of drug-likeness (QED) is 0.893. The van der Waals surface area contributed by atoms with Crippen LogP contribution in [0.1, 0.15) is 26.2 Å². The van der Waals surface area contributed by atoms with E-state index in [0.29, 0.717) is 30.2 Å². The van der Waals surface area contributed by atoms with Crippen LogP contribution in [-0.2, 0) is 4.79 Å². The van der Waals surface area contributed by atoms with Crippen LogP contribution in [-0.4, -0.2) is 49.2 Å². The van der Waals surface area contributed by atoms with E-state index in [1.54, 1.807) is 0 Å². The molecule has 2 saturated heterocycles. The number of hydrogen-bond acceptors (Lipinski definition) is 4. The highest BCUT2D eigenvalue weighted by molar-refractivity contribution is 5.85. The first kappa shape index (κ1) is 17.9. The number of halogens is 1. The molecule has 128 valence electrons. The molecule has 2 bridgehead atoms. The summed E-state index contributed by atoms with van der Waals surface area (Å²) in [5.74, 6) is 1.42. The molecule has 6 heteroatoms. The summed E-state index contributed by atoms with van der Waals surface area (Å²) < 4.78 is 11.3. The molecule has 1 N–H and O–H groups in total. The fourth-order valence-electron chi connectivity index (χ4n) is 3.45. The van der Waals surface area contributed by atoms with Gasteiger partial charge in [-0.25, -0.2) is 0 Å². The molecule has 0 aromatic heterocycles. The zero-order valence-electron chi connectivity index (χ0n) is 13.5. The second-order valence-electron chi connectivity index (χ2n) is 5.85. The molecule has 2 fully saturated rings. The average molecular weight is 341 g/mol. The van der Waals surface area contributed by atoms with E-state index < -0.39 is 0 Å². The third kappa shape index (κ3) is 4.09. The molecule has 0 saturated carbocycles. The van der Waals surface area contributed by atoms with Crippen molar-refractivity contribution in [3.05, 3.63) is 24.3 Å². The molecule has 0 aliphatic carbocycles. The van der Waals surface area contributed by atoms with Crippen molar-refractivity contribution in [2.24, 2.45) is 0 Å². The summed E-state index contributed by atoms with van der Waals surface area (Å²) >= 11 is 0. The SMILES string of the molecule is CCOc1ccccc1OCC(=O)N1C2CCNCC1CC2.Cl. The fraction of sp³-hybridized carbons (Fsp3) is 0.588. The van der Waals surface area contributed by atoms with Gasteiger partial charge in [0.25, 0.3) is 5.91 Å². The van der Waals surface area contributed by atoms with Gasteiger partial charge in [-0.3, -0.25) is 4.79 Å². The Morgan fingerprint density at radius 2 is 1.87 bits per heavy atom. The van der Waals surface area contributed by atoms with Gasteiger partial charge < -0.3 is 19.7 Å². The monoisotopic (exact) mass is 340 g/mol. The van der Waals surface area contributed by atoms with E-state index in [1.807, 2.05) is 36.1 Å². The van der Waals surface area contributed by atoms with E-state index in [1.165, 1.54) is 0 Å². The van der Waals surface area contributed by atoms with Gasteiger partial charge in [-0.2, -0.15) is 0 Å². The second kappa shape index (κ2) is 8.41. The van der Waals surface area contributed by atoms with Crippen molar-refractivity contribution in [1.82, 2.24) is 10.2 Å². The molecule has 2 heterocycles. The molecule has 2 aliphatic heterocycles. The Labute approximate surface area is 143 Å². The van der Waals surface area contributed by atoms with Crippen LogP contribution in [0.15, 0.2) is 24.3 Å². The first-order valence-electron chi connectivity index (χ1n) is 8.16. The van der Waals surface area contributed by atoms with Crippen molar-refractivity contribution < 1.29 is 14.3 Å². The van der Waals surface area contributed by atoms with E-state index >= 15 is 0 Å². The van der Waals surface area contributed by atoms with Crippen LogP contribution < -0.4 is 14.8 Å². The highest BCUT2D eigenvalue weighted by atomic mass is 35.5. The van der Waals surface area contributed by atoms with Gasteiger partial charge in [0.05, 0.1) is 6.61 Å². The van der Waals surface area contributed by atoms with E-state index in [4.69, 9.17) is 9.47 Å². The van der Waals surface area contributed by atoms with Crippen LogP contribution in [0, 0.1) is 0 Å². The minimum Gasteiger partial charge on any atom is -0.490 e. The number of rotatable bonds is 5. The first-order valence-corrected chi connectivity index (χ1v) is 8.16. The lowest BCUT2D eigenvalue weighted by atomic mass is 10.1. The van der Waals surface area contributed by atoms with E-state index in [0.717, 1.165) is 32.4 Å². The molecule has 2 aliphatic rings. The Kier molecular flexibility index (Phi) is 6.54. The van der Waals surface area contributed by atoms with Gasteiger partial charge in [0.15, 0.2) is 18.1 Å². The van der Waals surface area contributed by atoms with Gasteiger partial charge in [-0.1, -0.05) is 12.1 Å². The maximum Gasteiger partial charge on any atom is 0.261 e. The third-order valence-electron chi connectivity index (χ3n) is 4.44. The van der Waals surface area contributed by atoms with Crippen molar-refractivity contribution in [3.8, 4) is 11.5 Å². The van der Waals surface area contributed by atoms with Gasteiger partial charge >= 0.3 is 0 Å². The molecular formula is C17H25ClN2O3. The van der Waals surface area contributed by atoms with Crippen molar-refractivity contribution in [2.45, 2.75) is 38.3 Å². The Morgan fingerprint density at radius 3 is 2.61 bits per heavy atom. The smallest absolute Gasteiger partial charge is 0.261 e. The molecule has 1 amide bonds. The van der Waals surface area contributed by atoms with Crippen LogP contribution in [0.3, 0.4) is 0 Å². The molecule has 2 atom stereocenters. The predicted octanol–water partition coefficient (Wildman–Crippen LogP) is 2.24. The summed E-state index contributed by atoms with van der Waals surface area (Å²) in [6.07, 6.45) is 3.25. The number of carbonyl (C=O) groups excluding carboxylic acids is 1. The van der Waals surface area contributed by atoms with E-state index in [9.17, 15) is 4.79 Å². The highest BCUT2D eigenvalue weighted by Gasteiger charge is 2.37. The molecule has 3 rings (SSSR count). The Hall–Kier alpha value is -1.46. The number of nitrogens with one attached hydrogen (secondary N) is 1. The number of fused-ring (bicyclic) bond motifs is 2. The summed E-state index contributed by atoms with van der Waals surface area (Å²) in [5.41, 5.74) is 0. The van der Waals surface area contributed by atoms with E-state index in [2.05, 4.69) is 5.32 Å². The normalized spacial score (nSPS) is 22.9. The minimum atomic E-state index is 0. The Bertz CT molecular complexity index is 512. The van der Waals surface area contributed by atoms with Gasteiger partial charge in [0.1, 0.15) is 0 Å². The van der Waals surface area contributed by atoms with Crippen LogP contribution in [0.2, 0.25) is 0 Å². The summed E-state index contributed by atoms with van der Waals surface area (Å²) in [5, 5.41) is 3.41. The lowest BCUT2D eigenvalue weighted by Crippen LogP contribution is -2.44. The maximum atomic E-state index is 12.6. The predicted molar refractivity (Wildman–Crippen MR) is 91.5 cm³/mol. The Balaban J connectivity index is 0.00000192. The molecule has 1 aromatic rings. The van der Waals surface area contributed by atoms with Crippen molar-refractivity contribution in [2.75, 3.05) is 26.3 Å². The molecule has 1 aromatic carbocycles. The Morgan fingerprint density at radius 1 is 1.17 bits per heavy atom. The summed E-state index contributed by atoms with van der Waals surface area (Å²) in [7, 11) is 0. The van der Waals surface area contributed by atoms with Crippen molar-refractivity contribution in [1.29, 1.82) is 0 Å². The zero-order valence-corrected chi connectivity index (χ0v) is 14.3. The third-order valence-corrected chi connectivity index (χ3v) is 4.44. The van der Waals surface area contributed by atoms with E-state index in [-0.39, 0.29) is 24.9 Å². The number of amides is 1. The number of nitrogens with zero attached hydrogens (tertiary/aromatic N) is 1. The van der Waals surface area contributed by atoms with Gasteiger partial charge in [0, 0.05) is 18.6 Å². The number of benzene rings is 1. The zero-order chi connectivity index (χ0) is 15.4. The molecule has 5 nitrogen and oxygen atoms in total.